The van der Waals surface area contributed by atoms with Crippen LogP contribution in [0.25, 0.3) is 22.0 Å². The van der Waals surface area contributed by atoms with Crippen molar-refractivity contribution < 1.29 is 0 Å². The van der Waals surface area contributed by atoms with E-state index in [1.165, 1.54) is 5.69 Å². The lowest BCUT2D eigenvalue weighted by Gasteiger charge is -2.34. The molecule has 8 heteroatoms. The SMILES string of the molecule is CN1CCN(c2ccc(Nc3ncc4c(=O)n(Cc5ccccc5C#N)cc(-c5ccccc5)c4n3)cc2)CC1. The summed E-state index contributed by atoms with van der Waals surface area (Å²) in [4.78, 5) is 27.6. The fourth-order valence-corrected chi connectivity index (χ4v) is 5.08. The first-order chi connectivity index (χ1) is 19.6. The second kappa shape index (κ2) is 11.0. The van der Waals surface area contributed by atoms with E-state index in [-0.39, 0.29) is 12.1 Å². The van der Waals surface area contributed by atoms with Gasteiger partial charge in [-0.3, -0.25) is 4.79 Å². The first kappa shape index (κ1) is 25.3. The summed E-state index contributed by atoms with van der Waals surface area (Å²) >= 11 is 0. The van der Waals surface area contributed by atoms with Crippen molar-refractivity contribution in [1.29, 1.82) is 5.26 Å². The van der Waals surface area contributed by atoms with Crippen molar-refractivity contribution in [1.82, 2.24) is 19.4 Å². The van der Waals surface area contributed by atoms with E-state index in [9.17, 15) is 10.1 Å². The number of hydrogen-bond acceptors (Lipinski definition) is 7. The van der Waals surface area contributed by atoms with Gasteiger partial charge in [-0.2, -0.15) is 5.26 Å². The van der Waals surface area contributed by atoms with Crippen LogP contribution < -0.4 is 15.8 Å². The molecule has 0 amide bonds. The van der Waals surface area contributed by atoms with Gasteiger partial charge >= 0.3 is 0 Å². The Morgan fingerprint density at radius 3 is 2.40 bits per heavy atom. The molecule has 40 heavy (non-hydrogen) atoms. The van der Waals surface area contributed by atoms with Crippen LogP contribution in [0.2, 0.25) is 0 Å². The van der Waals surface area contributed by atoms with Gasteiger partial charge in [-0.05, 0) is 48.5 Å². The summed E-state index contributed by atoms with van der Waals surface area (Å²) in [6.45, 7) is 4.42. The number of nitrogens with one attached hydrogen (secondary N) is 1. The molecule has 3 aromatic carbocycles. The van der Waals surface area contributed by atoms with E-state index in [2.05, 4.69) is 45.4 Å². The largest absolute Gasteiger partial charge is 0.369 e. The van der Waals surface area contributed by atoms with E-state index in [1.807, 2.05) is 66.9 Å². The molecular weight excluding hydrogens is 498 g/mol. The number of piperazine rings is 1. The summed E-state index contributed by atoms with van der Waals surface area (Å²) in [6, 6.07) is 27.7. The Bertz CT molecular complexity index is 1750. The van der Waals surface area contributed by atoms with Crippen LogP contribution in [0.1, 0.15) is 11.1 Å². The number of likely N-dealkylation sites (N-methyl/N-ethyl adjacent to an activating group) is 1. The lowest BCUT2D eigenvalue weighted by molar-refractivity contribution is 0.313. The van der Waals surface area contributed by atoms with E-state index in [0.717, 1.165) is 48.6 Å². The predicted molar refractivity (Wildman–Crippen MR) is 159 cm³/mol. The molecule has 0 aliphatic carbocycles. The zero-order valence-electron chi connectivity index (χ0n) is 22.3. The summed E-state index contributed by atoms with van der Waals surface area (Å²) in [6.07, 6.45) is 3.42. The van der Waals surface area contributed by atoms with Gasteiger partial charge in [0, 0.05) is 55.5 Å². The molecule has 3 heterocycles. The minimum atomic E-state index is -0.203. The Balaban J connectivity index is 1.35. The van der Waals surface area contributed by atoms with Crippen LogP contribution in [0.5, 0.6) is 0 Å². The molecule has 1 saturated heterocycles. The van der Waals surface area contributed by atoms with Crippen molar-refractivity contribution in [2.45, 2.75) is 6.54 Å². The monoisotopic (exact) mass is 527 g/mol. The molecule has 0 radical (unpaired) electrons. The molecule has 198 valence electrons. The molecule has 1 fully saturated rings. The number of hydrogen-bond donors (Lipinski definition) is 1. The van der Waals surface area contributed by atoms with E-state index in [0.29, 0.717) is 22.4 Å². The fourth-order valence-electron chi connectivity index (χ4n) is 5.08. The highest BCUT2D eigenvalue weighted by molar-refractivity contribution is 5.93. The first-order valence-electron chi connectivity index (χ1n) is 13.3. The topological polar surface area (TPSA) is 90.1 Å². The molecule has 0 spiro atoms. The lowest BCUT2D eigenvalue weighted by atomic mass is 10.0. The van der Waals surface area contributed by atoms with Gasteiger partial charge in [0.1, 0.15) is 0 Å². The summed E-state index contributed by atoms with van der Waals surface area (Å²) < 4.78 is 1.63. The molecule has 0 unspecified atom stereocenters. The fraction of sp³-hybridized carbons (Fsp3) is 0.188. The Labute approximate surface area is 232 Å². The maximum atomic E-state index is 13.6. The van der Waals surface area contributed by atoms with Crippen LogP contribution >= 0.6 is 0 Å². The minimum absolute atomic E-state index is 0.203. The number of fused-ring (bicyclic) bond motifs is 1. The highest BCUT2D eigenvalue weighted by atomic mass is 16.1. The van der Waals surface area contributed by atoms with Gasteiger partial charge in [-0.25, -0.2) is 9.97 Å². The van der Waals surface area contributed by atoms with Crippen molar-refractivity contribution in [3.8, 4) is 17.2 Å². The van der Waals surface area contributed by atoms with Gasteiger partial charge in [0.25, 0.3) is 5.56 Å². The van der Waals surface area contributed by atoms with Crippen LogP contribution in [0.3, 0.4) is 0 Å². The first-order valence-corrected chi connectivity index (χ1v) is 13.3. The normalized spacial score (nSPS) is 13.8. The Morgan fingerprint density at radius 1 is 0.925 bits per heavy atom. The Kier molecular flexibility index (Phi) is 6.96. The lowest BCUT2D eigenvalue weighted by Crippen LogP contribution is -2.44. The molecule has 5 aromatic rings. The average molecular weight is 528 g/mol. The van der Waals surface area contributed by atoms with Gasteiger partial charge in [-0.1, -0.05) is 48.5 Å². The molecule has 6 rings (SSSR count). The molecule has 1 N–H and O–H groups in total. The highest BCUT2D eigenvalue weighted by Gasteiger charge is 2.16. The Hall–Kier alpha value is -5.00. The third-order valence-electron chi connectivity index (χ3n) is 7.38. The summed E-state index contributed by atoms with van der Waals surface area (Å²) in [5.74, 6) is 0.420. The maximum absolute atomic E-state index is 13.6. The van der Waals surface area contributed by atoms with Crippen molar-refractivity contribution in [2.24, 2.45) is 0 Å². The number of rotatable bonds is 6. The van der Waals surface area contributed by atoms with Crippen molar-refractivity contribution in [3.05, 3.63) is 113 Å². The second-order valence-electron chi connectivity index (χ2n) is 10.0. The number of nitriles is 1. The molecule has 1 aliphatic rings. The molecule has 0 saturated carbocycles. The third kappa shape index (κ3) is 5.15. The summed E-state index contributed by atoms with van der Waals surface area (Å²) in [5, 5.41) is 13.3. The van der Waals surface area contributed by atoms with Crippen LogP contribution in [0, 0.1) is 11.3 Å². The zero-order chi connectivity index (χ0) is 27.5. The molecule has 8 nitrogen and oxygen atoms in total. The van der Waals surface area contributed by atoms with E-state index < -0.39 is 0 Å². The molecule has 0 bridgehead atoms. The molecule has 0 atom stereocenters. The Morgan fingerprint density at radius 2 is 1.65 bits per heavy atom. The number of nitrogens with zero attached hydrogens (tertiary/aromatic N) is 6. The van der Waals surface area contributed by atoms with Gasteiger partial charge < -0.3 is 19.7 Å². The van der Waals surface area contributed by atoms with E-state index >= 15 is 0 Å². The van der Waals surface area contributed by atoms with Crippen LogP contribution in [-0.4, -0.2) is 52.7 Å². The maximum Gasteiger partial charge on any atom is 0.261 e. The number of pyridine rings is 1. The van der Waals surface area contributed by atoms with Crippen molar-refractivity contribution in [2.75, 3.05) is 43.4 Å². The van der Waals surface area contributed by atoms with Crippen LogP contribution in [0.15, 0.2) is 96.1 Å². The molecule has 2 aromatic heterocycles. The average Bonchev–Trinajstić information content (AvgIpc) is 3.00. The standard InChI is InChI=1S/C32H29N7O/c1-37-15-17-38(18-16-37)27-13-11-26(12-14-27)35-32-34-20-28-30(36-32)29(23-7-3-2-4-8-23)22-39(31(28)40)21-25-10-6-5-9-24(25)19-33/h2-14,20,22H,15-18,21H2,1H3,(H,34,35,36). The van der Waals surface area contributed by atoms with Gasteiger partial charge in [-0.15, -0.1) is 0 Å². The van der Waals surface area contributed by atoms with E-state index in [4.69, 9.17) is 4.98 Å². The number of benzene rings is 3. The van der Waals surface area contributed by atoms with Crippen LogP contribution in [-0.2, 0) is 6.54 Å². The molecular formula is C32H29N7O. The highest BCUT2D eigenvalue weighted by Crippen LogP contribution is 2.27. The van der Waals surface area contributed by atoms with Crippen LogP contribution in [0.4, 0.5) is 17.3 Å². The summed E-state index contributed by atoms with van der Waals surface area (Å²) in [7, 11) is 2.15. The summed E-state index contributed by atoms with van der Waals surface area (Å²) in [5.41, 5.74) is 5.53. The van der Waals surface area contributed by atoms with Gasteiger partial charge in [0.2, 0.25) is 5.95 Å². The number of aromatic nitrogens is 3. The van der Waals surface area contributed by atoms with Gasteiger partial charge in [0.05, 0.1) is 29.1 Å². The predicted octanol–water partition coefficient (Wildman–Crippen LogP) is 4.87. The zero-order valence-corrected chi connectivity index (χ0v) is 22.3. The smallest absolute Gasteiger partial charge is 0.261 e. The van der Waals surface area contributed by atoms with Crippen molar-refractivity contribution in [3.63, 3.8) is 0 Å². The minimum Gasteiger partial charge on any atom is -0.369 e. The van der Waals surface area contributed by atoms with E-state index in [1.54, 1.807) is 16.8 Å². The quantitative estimate of drug-likeness (QED) is 0.337. The van der Waals surface area contributed by atoms with Gasteiger partial charge in [0.15, 0.2) is 0 Å². The third-order valence-corrected chi connectivity index (χ3v) is 7.38. The second-order valence-corrected chi connectivity index (χ2v) is 10.0. The van der Waals surface area contributed by atoms with Crippen molar-refractivity contribution >= 4 is 28.2 Å². The molecule has 1 aliphatic heterocycles. The number of anilines is 3.